The second kappa shape index (κ2) is 20.8. The van der Waals surface area contributed by atoms with Gasteiger partial charge < -0.3 is 5.73 Å². The second-order valence-electron chi connectivity index (χ2n) is 12.4. The van der Waals surface area contributed by atoms with E-state index in [4.69, 9.17) is 5.73 Å². The first-order chi connectivity index (χ1) is 20.4. The highest BCUT2D eigenvalue weighted by Crippen LogP contribution is 2.56. The Labute approximate surface area is 262 Å². The van der Waals surface area contributed by atoms with Crippen molar-refractivity contribution in [2.45, 2.75) is 182 Å². The van der Waals surface area contributed by atoms with E-state index in [1.54, 1.807) is 0 Å². The zero-order valence-electron chi connectivity index (χ0n) is 28.7. The van der Waals surface area contributed by atoms with Gasteiger partial charge in [-0.1, -0.05) is 93.4 Å². The summed E-state index contributed by atoms with van der Waals surface area (Å²) in [6, 6.07) is 0. The SMILES string of the molecule is CCCCC(=O)C(N)(C(=O)CCCC)C(C(=O)CCCC)(C(=O)CCCC)C(CCC)(C(=O)CCCC)C(=O)CCCC. The first-order valence-corrected chi connectivity index (χ1v) is 17.4. The smallest absolute Gasteiger partial charge is 0.161 e. The summed E-state index contributed by atoms with van der Waals surface area (Å²) >= 11 is 0. The summed E-state index contributed by atoms with van der Waals surface area (Å²) in [4.78, 5) is 88.4. The Bertz CT molecular complexity index is 861. The Hall–Kier alpha value is -2.02. The van der Waals surface area contributed by atoms with Gasteiger partial charge in [-0.25, -0.2) is 0 Å². The predicted octanol–water partition coefficient (Wildman–Crippen LogP) is 8.01. The zero-order valence-corrected chi connectivity index (χ0v) is 28.7. The van der Waals surface area contributed by atoms with Crippen molar-refractivity contribution in [1.82, 2.24) is 0 Å². The third kappa shape index (κ3) is 9.02. The van der Waals surface area contributed by atoms with Gasteiger partial charge in [0.05, 0.1) is 0 Å². The summed E-state index contributed by atoms with van der Waals surface area (Å²) in [7, 11) is 0. The van der Waals surface area contributed by atoms with E-state index in [-0.39, 0.29) is 44.9 Å². The molecule has 248 valence electrons. The van der Waals surface area contributed by atoms with Crippen LogP contribution in [0.15, 0.2) is 0 Å². The summed E-state index contributed by atoms with van der Waals surface area (Å²) < 4.78 is 0. The molecule has 0 aliphatic rings. The average molecular weight is 606 g/mol. The molecule has 0 heterocycles. The molecule has 0 bridgehead atoms. The quantitative estimate of drug-likeness (QED) is 0.0894. The van der Waals surface area contributed by atoms with Crippen molar-refractivity contribution in [2.75, 3.05) is 0 Å². The van der Waals surface area contributed by atoms with Crippen LogP contribution in [0.5, 0.6) is 0 Å². The van der Waals surface area contributed by atoms with Crippen LogP contribution in [0.3, 0.4) is 0 Å². The van der Waals surface area contributed by atoms with Gasteiger partial charge in [0, 0.05) is 38.5 Å². The Morgan fingerprint density at radius 1 is 0.395 bits per heavy atom. The molecule has 0 amide bonds. The van der Waals surface area contributed by atoms with Crippen molar-refractivity contribution in [3.8, 4) is 0 Å². The van der Waals surface area contributed by atoms with Crippen molar-refractivity contribution in [2.24, 2.45) is 16.6 Å². The van der Waals surface area contributed by atoms with E-state index in [1.165, 1.54) is 0 Å². The molecule has 7 nitrogen and oxygen atoms in total. The van der Waals surface area contributed by atoms with Crippen molar-refractivity contribution >= 4 is 34.7 Å². The highest BCUT2D eigenvalue weighted by Gasteiger charge is 2.76. The molecule has 0 saturated carbocycles. The van der Waals surface area contributed by atoms with Crippen molar-refractivity contribution in [3.63, 3.8) is 0 Å². The van der Waals surface area contributed by atoms with Crippen LogP contribution in [0.25, 0.3) is 0 Å². The highest BCUT2D eigenvalue weighted by atomic mass is 16.2. The number of carbonyl (C=O) groups excluding carboxylic acids is 6. The average Bonchev–Trinajstić information content (AvgIpc) is 3.00. The van der Waals surface area contributed by atoms with Crippen molar-refractivity contribution in [3.05, 3.63) is 0 Å². The summed E-state index contributed by atoms with van der Waals surface area (Å²) in [5.74, 6) is -3.80. The minimum atomic E-state index is -2.61. The maximum absolute atomic E-state index is 15.0. The molecule has 0 aromatic rings. The van der Waals surface area contributed by atoms with Gasteiger partial charge in [-0.3, -0.25) is 28.8 Å². The first-order valence-electron chi connectivity index (χ1n) is 17.4. The third-order valence-electron chi connectivity index (χ3n) is 9.07. The number of nitrogens with two attached hydrogens (primary N) is 1. The number of unbranched alkanes of at least 4 members (excludes halogenated alkanes) is 6. The standard InChI is InChI=1S/C36H63NO6/c1-8-15-21-28(38)34(27-14-7,29(39)22-16-9-2)35(30(40)23-17-10-3,31(41)24-18-11-4)36(37,32(42)25-19-12-5)33(43)26-20-13-6/h8-27,37H2,1-7H3. The van der Waals surface area contributed by atoms with E-state index in [0.717, 1.165) is 0 Å². The van der Waals surface area contributed by atoms with Crippen LogP contribution >= 0.6 is 0 Å². The van der Waals surface area contributed by atoms with E-state index in [0.29, 0.717) is 83.5 Å². The number of Topliss-reactive ketones (excluding diaryl/α,β-unsaturated/α-hetero) is 6. The molecule has 7 heteroatoms. The van der Waals surface area contributed by atoms with Crippen molar-refractivity contribution < 1.29 is 28.8 Å². The highest BCUT2D eigenvalue weighted by molar-refractivity contribution is 6.29. The zero-order chi connectivity index (χ0) is 33.1. The van der Waals surface area contributed by atoms with Crippen LogP contribution in [0.2, 0.25) is 0 Å². The summed E-state index contributed by atoms with van der Waals surface area (Å²) in [5, 5.41) is 0. The lowest BCUT2D eigenvalue weighted by Gasteiger charge is -2.54. The predicted molar refractivity (Wildman–Crippen MR) is 174 cm³/mol. The molecule has 0 spiro atoms. The Kier molecular flexibility index (Phi) is 19.9. The van der Waals surface area contributed by atoms with E-state index < -0.39 is 51.1 Å². The second-order valence-corrected chi connectivity index (χ2v) is 12.4. The maximum Gasteiger partial charge on any atom is 0.161 e. The fourth-order valence-corrected chi connectivity index (χ4v) is 6.62. The molecular weight excluding hydrogens is 542 g/mol. The third-order valence-corrected chi connectivity index (χ3v) is 9.07. The van der Waals surface area contributed by atoms with E-state index >= 15 is 9.59 Å². The molecule has 43 heavy (non-hydrogen) atoms. The van der Waals surface area contributed by atoms with Gasteiger partial charge in [0.15, 0.2) is 28.7 Å². The van der Waals surface area contributed by atoms with Gasteiger partial charge in [-0.05, 0) is 44.9 Å². The van der Waals surface area contributed by atoms with Gasteiger partial charge in [0.25, 0.3) is 0 Å². The monoisotopic (exact) mass is 605 g/mol. The lowest BCUT2D eigenvalue weighted by Crippen LogP contribution is -2.79. The molecule has 0 aliphatic carbocycles. The van der Waals surface area contributed by atoms with Crippen LogP contribution in [-0.4, -0.2) is 40.2 Å². The molecule has 0 aliphatic heterocycles. The molecule has 0 radical (unpaired) electrons. The van der Waals surface area contributed by atoms with Gasteiger partial charge in [0.1, 0.15) is 22.4 Å². The normalized spacial score (nSPS) is 12.3. The number of rotatable bonds is 28. The van der Waals surface area contributed by atoms with Gasteiger partial charge >= 0.3 is 0 Å². The summed E-state index contributed by atoms with van der Waals surface area (Å²) in [6.45, 7) is 13.3. The van der Waals surface area contributed by atoms with Crippen LogP contribution in [0.4, 0.5) is 0 Å². The van der Waals surface area contributed by atoms with Gasteiger partial charge in [-0.15, -0.1) is 0 Å². The van der Waals surface area contributed by atoms with Crippen molar-refractivity contribution in [1.29, 1.82) is 0 Å². The van der Waals surface area contributed by atoms with Crippen LogP contribution in [0.1, 0.15) is 177 Å². The van der Waals surface area contributed by atoms with E-state index in [1.807, 2.05) is 48.5 Å². The molecule has 0 aromatic carbocycles. The summed E-state index contributed by atoms with van der Waals surface area (Å²) in [6.07, 6.45) is 6.00. The van der Waals surface area contributed by atoms with E-state index in [2.05, 4.69) is 0 Å². The molecule has 0 rings (SSSR count). The molecule has 0 saturated heterocycles. The topological polar surface area (TPSA) is 128 Å². The minimum absolute atomic E-state index is 0.0272. The lowest BCUT2D eigenvalue weighted by atomic mass is 9.43. The molecule has 2 N–H and O–H groups in total. The maximum atomic E-state index is 15.0. The fourth-order valence-electron chi connectivity index (χ4n) is 6.62. The Morgan fingerprint density at radius 3 is 0.907 bits per heavy atom. The Balaban J connectivity index is 8.60. The van der Waals surface area contributed by atoms with E-state index in [9.17, 15) is 19.2 Å². The summed E-state index contributed by atoms with van der Waals surface area (Å²) in [5.41, 5.74) is -0.168. The lowest BCUT2D eigenvalue weighted by molar-refractivity contribution is -0.178. The number of hydrogen-bond donors (Lipinski definition) is 1. The molecular formula is C36H63NO6. The molecule has 0 aromatic heterocycles. The molecule has 0 fully saturated rings. The molecule has 0 atom stereocenters. The number of ketones is 6. The van der Waals surface area contributed by atoms with Gasteiger partial charge in [0.2, 0.25) is 0 Å². The number of hydrogen-bond acceptors (Lipinski definition) is 7. The first kappa shape index (κ1) is 41.0. The molecule has 0 unspecified atom stereocenters. The number of carbonyl (C=O) groups is 6. The minimum Gasteiger partial charge on any atom is -0.312 e. The van der Waals surface area contributed by atoms with Gasteiger partial charge in [-0.2, -0.15) is 0 Å². The van der Waals surface area contributed by atoms with Crippen LogP contribution in [-0.2, 0) is 28.8 Å². The Morgan fingerprint density at radius 2 is 0.651 bits per heavy atom. The largest absolute Gasteiger partial charge is 0.312 e. The fraction of sp³-hybridized carbons (Fsp3) is 0.833. The van der Waals surface area contributed by atoms with Crippen LogP contribution < -0.4 is 5.73 Å². The van der Waals surface area contributed by atoms with Crippen LogP contribution in [0, 0.1) is 10.8 Å².